The Morgan fingerprint density at radius 1 is 1.32 bits per heavy atom. The second-order valence-electron chi connectivity index (χ2n) is 4.38. The lowest BCUT2D eigenvalue weighted by atomic mass is 10.1. The topological polar surface area (TPSA) is 95.9 Å². The van der Waals surface area contributed by atoms with Crippen LogP contribution >= 0.6 is 0 Å². The van der Waals surface area contributed by atoms with Crippen molar-refractivity contribution in [2.75, 3.05) is 19.8 Å². The SMILES string of the molecule is CCOc1ccc(S(=O)(=O)NCC(C)(O)CO)cc1. The van der Waals surface area contributed by atoms with E-state index in [-0.39, 0.29) is 11.4 Å². The first-order valence-electron chi connectivity index (χ1n) is 5.86. The summed E-state index contributed by atoms with van der Waals surface area (Å²) in [6, 6.07) is 5.95. The predicted octanol–water partition coefficient (Wildman–Crippen LogP) is 0.107. The molecule has 1 atom stereocenters. The number of benzene rings is 1. The number of aliphatic hydroxyl groups excluding tert-OH is 1. The van der Waals surface area contributed by atoms with E-state index in [0.29, 0.717) is 12.4 Å². The summed E-state index contributed by atoms with van der Waals surface area (Å²) in [4.78, 5) is 0.0738. The van der Waals surface area contributed by atoms with Gasteiger partial charge in [0.2, 0.25) is 10.0 Å². The molecule has 1 rings (SSSR count). The number of hydrogen-bond acceptors (Lipinski definition) is 5. The molecule has 0 saturated carbocycles. The lowest BCUT2D eigenvalue weighted by Gasteiger charge is -2.20. The summed E-state index contributed by atoms with van der Waals surface area (Å²) >= 11 is 0. The molecular weight excluding hydrogens is 270 g/mol. The molecule has 19 heavy (non-hydrogen) atoms. The molecule has 0 aliphatic carbocycles. The van der Waals surface area contributed by atoms with Gasteiger partial charge in [-0.05, 0) is 38.1 Å². The molecule has 0 heterocycles. The number of aliphatic hydroxyl groups is 2. The van der Waals surface area contributed by atoms with E-state index in [2.05, 4.69) is 4.72 Å². The van der Waals surface area contributed by atoms with Crippen molar-refractivity contribution < 1.29 is 23.4 Å². The summed E-state index contributed by atoms with van der Waals surface area (Å²) in [6.45, 7) is 2.89. The number of sulfonamides is 1. The van der Waals surface area contributed by atoms with E-state index < -0.39 is 22.2 Å². The van der Waals surface area contributed by atoms with Crippen molar-refractivity contribution in [1.29, 1.82) is 0 Å². The lowest BCUT2D eigenvalue weighted by molar-refractivity contribution is 0.00681. The van der Waals surface area contributed by atoms with Gasteiger partial charge in [-0.3, -0.25) is 0 Å². The zero-order chi connectivity index (χ0) is 14.5. The van der Waals surface area contributed by atoms with E-state index in [1.54, 1.807) is 12.1 Å². The zero-order valence-corrected chi connectivity index (χ0v) is 11.8. The Hall–Kier alpha value is -1.15. The van der Waals surface area contributed by atoms with Crippen molar-refractivity contribution in [3.63, 3.8) is 0 Å². The molecule has 7 heteroatoms. The molecular formula is C12H19NO5S. The Balaban J connectivity index is 2.77. The maximum absolute atomic E-state index is 11.9. The van der Waals surface area contributed by atoms with Crippen molar-refractivity contribution in [2.45, 2.75) is 24.3 Å². The summed E-state index contributed by atoms with van der Waals surface area (Å²) < 4.78 is 31.3. The summed E-state index contributed by atoms with van der Waals surface area (Å²) in [5, 5.41) is 18.4. The van der Waals surface area contributed by atoms with Crippen LogP contribution in [-0.2, 0) is 10.0 Å². The molecule has 0 saturated heterocycles. The van der Waals surface area contributed by atoms with Gasteiger partial charge in [0, 0.05) is 6.54 Å². The fourth-order valence-electron chi connectivity index (χ4n) is 1.27. The van der Waals surface area contributed by atoms with Gasteiger partial charge < -0.3 is 14.9 Å². The van der Waals surface area contributed by atoms with Gasteiger partial charge in [0.05, 0.1) is 23.7 Å². The third-order valence-corrected chi connectivity index (χ3v) is 3.85. The minimum absolute atomic E-state index is 0.0738. The highest BCUT2D eigenvalue weighted by molar-refractivity contribution is 7.89. The second kappa shape index (κ2) is 6.33. The van der Waals surface area contributed by atoms with Gasteiger partial charge in [-0.1, -0.05) is 0 Å². The molecule has 6 nitrogen and oxygen atoms in total. The Labute approximate surface area is 113 Å². The molecule has 0 aromatic heterocycles. The maximum Gasteiger partial charge on any atom is 0.240 e. The van der Waals surface area contributed by atoms with E-state index >= 15 is 0 Å². The molecule has 3 N–H and O–H groups in total. The number of hydrogen-bond donors (Lipinski definition) is 3. The fraction of sp³-hybridized carbons (Fsp3) is 0.500. The number of ether oxygens (including phenoxy) is 1. The van der Waals surface area contributed by atoms with Gasteiger partial charge in [-0.2, -0.15) is 0 Å². The van der Waals surface area contributed by atoms with E-state index in [0.717, 1.165) is 0 Å². The predicted molar refractivity (Wildman–Crippen MR) is 70.5 cm³/mol. The third kappa shape index (κ3) is 4.79. The number of rotatable bonds is 7. The van der Waals surface area contributed by atoms with Crippen molar-refractivity contribution in [2.24, 2.45) is 0 Å². The Bertz CT molecular complexity index is 495. The van der Waals surface area contributed by atoms with Gasteiger partial charge in [-0.25, -0.2) is 13.1 Å². The van der Waals surface area contributed by atoms with Crippen LogP contribution in [0.1, 0.15) is 13.8 Å². The number of nitrogens with one attached hydrogen (secondary N) is 1. The molecule has 1 aromatic rings. The standard InChI is InChI=1S/C12H19NO5S/c1-3-18-10-4-6-11(7-5-10)19(16,17)13-8-12(2,15)9-14/h4-7,13-15H,3,8-9H2,1-2H3. The van der Waals surface area contributed by atoms with Crippen molar-refractivity contribution in [3.8, 4) is 5.75 Å². The van der Waals surface area contributed by atoms with Crippen molar-refractivity contribution in [3.05, 3.63) is 24.3 Å². The summed E-state index contributed by atoms with van der Waals surface area (Å²) in [6.07, 6.45) is 0. The van der Waals surface area contributed by atoms with Crippen LogP contribution < -0.4 is 9.46 Å². The van der Waals surface area contributed by atoms with Crippen LogP contribution in [0.2, 0.25) is 0 Å². The summed E-state index contributed by atoms with van der Waals surface area (Å²) in [5.74, 6) is 0.587. The Morgan fingerprint density at radius 2 is 1.89 bits per heavy atom. The van der Waals surface area contributed by atoms with Gasteiger partial charge in [0.1, 0.15) is 5.75 Å². The van der Waals surface area contributed by atoms with E-state index in [4.69, 9.17) is 9.84 Å². The van der Waals surface area contributed by atoms with Crippen LogP contribution in [0, 0.1) is 0 Å². The zero-order valence-electron chi connectivity index (χ0n) is 11.0. The molecule has 0 aliphatic heterocycles. The van der Waals surface area contributed by atoms with Crippen LogP contribution in [0.15, 0.2) is 29.2 Å². The quantitative estimate of drug-likeness (QED) is 0.662. The first kappa shape index (κ1) is 15.9. The van der Waals surface area contributed by atoms with Gasteiger partial charge in [-0.15, -0.1) is 0 Å². The van der Waals surface area contributed by atoms with Crippen LogP contribution in [-0.4, -0.2) is 44.0 Å². The van der Waals surface area contributed by atoms with Gasteiger partial charge in [0.15, 0.2) is 0 Å². The fourth-order valence-corrected chi connectivity index (χ4v) is 2.43. The average molecular weight is 289 g/mol. The first-order valence-corrected chi connectivity index (χ1v) is 7.35. The minimum Gasteiger partial charge on any atom is -0.494 e. The van der Waals surface area contributed by atoms with Crippen LogP contribution in [0.4, 0.5) is 0 Å². The smallest absolute Gasteiger partial charge is 0.240 e. The normalized spacial score (nSPS) is 14.9. The largest absolute Gasteiger partial charge is 0.494 e. The Morgan fingerprint density at radius 3 is 2.37 bits per heavy atom. The van der Waals surface area contributed by atoms with Gasteiger partial charge in [0.25, 0.3) is 0 Å². The molecule has 0 bridgehead atoms. The maximum atomic E-state index is 11.9. The monoisotopic (exact) mass is 289 g/mol. The van der Waals surface area contributed by atoms with Gasteiger partial charge >= 0.3 is 0 Å². The highest BCUT2D eigenvalue weighted by atomic mass is 32.2. The van der Waals surface area contributed by atoms with Crippen molar-refractivity contribution >= 4 is 10.0 Å². The molecule has 0 aliphatic rings. The third-order valence-electron chi connectivity index (χ3n) is 2.43. The van der Waals surface area contributed by atoms with E-state index in [1.165, 1.54) is 19.1 Å². The average Bonchev–Trinajstić information content (AvgIpc) is 2.38. The van der Waals surface area contributed by atoms with Crippen LogP contribution in [0.5, 0.6) is 5.75 Å². The van der Waals surface area contributed by atoms with E-state index in [1.807, 2.05) is 6.92 Å². The van der Waals surface area contributed by atoms with E-state index in [9.17, 15) is 13.5 Å². The molecule has 108 valence electrons. The molecule has 0 amide bonds. The lowest BCUT2D eigenvalue weighted by Crippen LogP contribution is -2.43. The van der Waals surface area contributed by atoms with Crippen LogP contribution in [0.25, 0.3) is 0 Å². The minimum atomic E-state index is -3.71. The van der Waals surface area contributed by atoms with Crippen LogP contribution in [0.3, 0.4) is 0 Å². The summed E-state index contributed by atoms with van der Waals surface area (Å²) in [5.41, 5.74) is -1.49. The molecule has 0 spiro atoms. The second-order valence-corrected chi connectivity index (χ2v) is 6.15. The molecule has 1 aromatic carbocycles. The highest BCUT2D eigenvalue weighted by Gasteiger charge is 2.23. The summed E-state index contributed by atoms with van der Waals surface area (Å²) in [7, 11) is -3.71. The molecule has 0 fully saturated rings. The molecule has 0 radical (unpaired) electrons. The Kier molecular flexibility index (Phi) is 5.30. The first-order chi connectivity index (χ1) is 8.80. The molecule has 1 unspecified atom stereocenters. The van der Waals surface area contributed by atoms with Crippen molar-refractivity contribution in [1.82, 2.24) is 4.72 Å². The highest BCUT2D eigenvalue weighted by Crippen LogP contribution is 2.16.